The van der Waals surface area contributed by atoms with Gasteiger partial charge in [0.1, 0.15) is 141 Å². The molecule has 18 heteroatoms. The minimum atomic E-state index is -0.155. The number of benzene rings is 12. The van der Waals surface area contributed by atoms with E-state index in [2.05, 4.69) is 240 Å². The Bertz CT molecular complexity index is 4690. The highest BCUT2D eigenvalue weighted by atomic mass is 14.4. The van der Waals surface area contributed by atoms with Crippen LogP contribution in [0.3, 0.4) is 0 Å². The molecular weight excluding hydrogens is 903 g/mol. The Labute approximate surface area is 472 Å². The van der Waals surface area contributed by atoms with Crippen LogP contribution in [0.25, 0.3) is 120 Å². The van der Waals surface area contributed by atoms with Gasteiger partial charge in [-0.3, -0.25) is 0 Å². The van der Waals surface area contributed by atoms with Crippen molar-refractivity contribution < 1.29 is 0 Å². The van der Waals surface area contributed by atoms with Crippen LogP contribution in [0.15, 0.2) is 84.9 Å². The van der Waals surface area contributed by atoms with Gasteiger partial charge >= 0.3 is 0 Å². The van der Waals surface area contributed by atoms with Gasteiger partial charge < -0.3 is 0 Å². The topological polar surface area (TPSA) is 0 Å². The van der Waals surface area contributed by atoms with Crippen LogP contribution in [0.2, 0.25) is 0 Å². The van der Waals surface area contributed by atoms with E-state index in [1.165, 1.54) is 230 Å². The molecule has 346 valence electrons. The van der Waals surface area contributed by atoms with Gasteiger partial charge in [-0.05, 0) is 150 Å². The van der Waals surface area contributed by atoms with Crippen molar-refractivity contribution in [1.82, 2.24) is 0 Å². The maximum atomic E-state index is 2.70. The number of hydrogen-bond donors (Lipinski definition) is 0. The molecule has 0 unspecified atom stereocenters. The highest BCUT2D eigenvalue weighted by Gasteiger charge is 2.36. The van der Waals surface area contributed by atoms with Crippen LogP contribution >= 0.6 is 0 Å². The monoisotopic (exact) mass is 963 g/mol. The Hall–Kier alpha value is -6.11. The molecule has 13 rings (SSSR count). The SMILES string of the molecule is Bc1c(B)c2c(B)c(B)c3c(B)c(B)c(-c4cc(-c5c(B)c(B)c6c(B)c(B)c7c(B)c(B)c(B)c8c(B)c(B)c5c6c78)c(-c5ccc6c(c5)C(C)(C)c5ccccc5-6)cc4-c4ccccc4)c4c(B)c(B)c(c1B)c2c34. The number of fused-ring (bicyclic) bond motifs is 3. The smallest absolute Gasteiger partial charge is 0.100 e. The Balaban J connectivity index is 1.28. The highest BCUT2D eigenvalue weighted by molar-refractivity contribution is 6.77. The first-order valence-electron chi connectivity index (χ1n) is 28.4. The van der Waals surface area contributed by atoms with Gasteiger partial charge in [0.25, 0.3) is 0 Å². The minimum absolute atomic E-state index is 0.155. The second kappa shape index (κ2) is 16.9. The first-order valence-corrected chi connectivity index (χ1v) is 28.4. The van der Waals surface area contributed by atoms with E-state index in [4.69, 9.17) is 0 Å². The zero-order valence-electron chi connectivity index (χ0n) is 49.6. The molecule has 12 aromatic rings. The third kappa shape index (κ3) is 6.31. The largest absolute Gasteiger partial charge is 0.139 e. The lowest BCUT2D eigenvalue weighted by Gasteiger charge is -2.31. The summed E-state index contributed by atoms with van der Waals surface area (Å²) in [6.45, 7) is 4.85. The molecule has 0 aromatic heterocycles. The van der Waals surface area contributed by atoms with E-state index in [9.17, 15) is 0 Å². The Morgan fingerprint density at radius 3 is 0.961 bits per heavy atom. The molecular formula is C59H56B18. The summed E-state index contributed by atoms with van der Waals surface area (Å²) in [4.78, 5) is 0. The van der Waals surface area contributed by atoms with E-state index in [1.54, 1.807) is 0 Å². The molecule has 0 nitrogen and oxygen atoms in total. The third-order valence-corrected chi connectivity index (χ3v) is 21.3. The van der Waals surface area contributed by atoms with Crippen molar-refractivity contribution in [1.29, 1.82) is 0 Å². The summed E-state index contributed by atoms with van der Waals surface area (Å²) in [5.41, 5.74) is 40.9. The van der Waals surface area contributed by atoms with Crippen molar-refractivity contribution in [3.63, 3.8) is 0 Å². The van der Waals surface area contributed by atoms with Crippen LogP contribution in [-0.4, -0.2) is 141 Å². The molecule has 0 radical (unpaired) electrons. The predicted octanol–water partition coefficient (Wildman–Crippen LogP) is -14.9. The van der Waals surface area contributed by atoms with E-state index < -0.39 is 0 Å². The Kier molecular flexibility index (Phi) is 11.1. The van der Waals surface area contributed by atoms with Gasteiger partial charge in [-0.25, -0.2) is 0 Å². The lowest BCUT2D eigenvalue weighted by molar-refractivity contribution is 0.660. The molecule has 0 fully saturated rings. The normalized spacial score (nSPS) is 13.1. The lowest BCUT2D eigenvalue weighted by atomic mass is 9.57. The predicted molar refractivity (Wildman–Crippen MR) is 400 cm³/mol. The maximum Gasteiger partial charge on any atom is 0.139 e. The van der Waals surface area contributed by atoms with Crippen molar-refractivity contribution in [3.8, 4) is 55.6 Å². The molecule has 12 aromatic carbocycles. The second-order valence-corrected chi connectivity index (χ2v) is 24.7. The maximum absolute atomic E-state index is 2.70. The third-order valence-electron chi connectivity index (χ3n) is 21.3. The van der Waals surface area contributed by atoms with Crippen LogP contribution in [0, 0.1) is 0 Å². The molecule has 0 amide bonds. The average molecular weight is 960 g/mol. The first kappa shape index (κ1) is 50.4. The molecule has 0 heterocycles. The molecule has 0 spiro atoms. The average Bonchev–Trinajstić information content (AvgIpc) is 3.88. The fourth-order valence-electron chi connectivity index (χ4n) is 16.0. The molecule has 77 heavy (non-hydrogen) atoms. The molecule has 0 aliphatic heterocycles. The molecule has 1 aliphatic carbocycles. The summed E-state index contributed by atoms with van der Waals surface area (Å²) >= 11 is 0. The van der Waals surface area contributed by atoms with Crippen molar-refractivity contribution in [2.45, 2.75) is 19.3 Å². The van der Waals surface area contributed by atoms with E-state index in [0.717, 1.165) is 0 Å². The van der Waals surface area contributed by atoms with E-state index in [1.807, 2.05) is 0 Å². The molecule has 0 saturated heterocycles. The summed E-state index contributed by atoms with van der Waals surface area (Å²) in [6, 6.07) is 33.2. The van der Waals surface area contributed by atoms with Gasteiger partial charge in [-0.2, -0.15) is 0 Å². The van der Waals surface area contributed by atoms with Gasteiger partial charge in [0.05, 0.1) is 0 Å². The number of rotatable bonds is 4. The quantitative estimate of drug-likeness (QED) is 0.122. The Morgan fingerprint density at radius 2 is 0.532 bits per heavy atom. The fourth-order valence-corrected chi connectivity index (χ4v) is 16.0. The van der Waals surface area contributed by atoms with Crippen LogP contribution in [0.4, 0.5) is 0 Å². The van der Waals surface area contributed by atoms with Crippen molar-refractivity contribution in [3.05, 3.63) is 96.1 Å². The van der Waals surface area contributed by atoms with Crippen LogP contribution in [-0.2, 0) is 5.41 Å². The van der Waals surface area contributed by atoms with Gasteiger partial charge in [0.2, 0.25) is 0 Å². The molecule has 0 atom stereocenters. The summed E-state index contributed by atoms with van der Waals surface area (Å²) < 4.78 is 0. The summed E-state index contributed by atoms with van der Waals surface area (Å²) in [6.07, 6.45) is 0. The van der Waals surface area contributed by atoms with Crippen LogP contribution in [0.1, 0.15) is 25.0 Å². The van der Waals surface area contributed by atoms with Crippen LogP contribution in [0.5, 0.6) is 0 Å². The minimum Gasteiger partial charge on any atom is -0.100 e. The van der Waals surface area contributed by atoms with E-state index in [0.29, 0.717) is 0 Å². The number of hydrogen-bond acceptors (Lipinski definition) is 0. The van der Waals surface area contributed by atoms with E-state index >= 15 is 0 Å². The summed E-state index contributed by atoms with van der Waals surface area (Å²) in [5.74, 6) is 0. The molecule has 1 aliphatic rings. The van der Waals surface area contributed by atoms with Gasteiger partial charge in [0.15, 0.2) is 0 Å². The van der Waals surface area contributed by atoms with Gasteiger partial charge in [-0.15, -0.1) is 10.9 Å². The lowest BCUT2D eigenvalue weighted by Crippen LogP contribution is -2.48. The zero-order chi connectivity index (χ0) is 54.6. The van der Waals surface area contributed by atoms with E-state index in [-0.39, 0.29) is 5.41 Å². The second-order valence-electron chi connectivity index (χ2n) is 24.7. The summed E-state index contributed by atoms with van der Waals surface area (Å²) in [7, 11) is 43.1. The molecule has 0 bridgehead atoms. The Morgan fingerprint density at radius 1 is 0.221 bits per heavy atom. The van der Waals surface area contributed by atoms with Crippen molar-refractivity contribution in [2.75, 3.05) is 0 Å². The fraction of sp³-hybridized carbons (Fsp3) is 0.0508. The highest BCUT2D eigenvalue weighted by Crippen LogP contribution is 2.51. The van der Waals surface area contributed by atoms with Crippen molar-refractivity contribution in [2.24, 2.45) is 0 Å². The molecule has 0 saturated carbocycles. The van der Waals surface area contributed by atoms with Crippen LogP contribution < -0.4 is 98.3 Å². The summed E-state index contributed by atoms with van der Waals surface area (Å²) in [5, 5.41) is 17.2. The van der Waals surface area contributed by atoms with Gasteiger partial charge in [-0.1, -0.05) is 168 Å². The van der Waals surface area contributed by atoms with Crippen molar-refractivity contribution >= 4 is 304 Å². The first-order chi connectivity index (χ1) is 36.5. The molecule has 0 N–H and O–H groups in total. The standard InChI is InChI=1S/C59H56B18/c1-59(2)25-11-7-6-10-19(25)20-13-12-18(14-26(20)59)22-15-21(17-8-4-3-5-9-17)23(27-33-29-31-37(47(66)43(33)62)53(72)57(76)55(74)39(31)51(70)49(68)35(29)45(64)41(27)60)16-24(22)28-34-30-32-38(48(67)44(34)63)54(73)58(77)56(75)40(32)52(71)50(69)36(30)46(65)42(28)61/h3-16H,60-77H2,1-2H3. The zero-order valence-corrected chi connectivity index (χ0v) is 49.6. The van der Waals surface area contributed by atoms with Gasteiger partial charge in [0, 0.05) is 5.41 Å².